The lowest BCUT2D eigenvalue weighted by atomic mass is 9.84. The van der Waals surface area contributed by atoms with E-state index in [4.69, 9.17) is 0 Å². The largest absolute Gasteiger partial charge is 0.342 e. The molecule has 1 heterocycles. The Labute approximate surface area is 181 Å². The van der Waals surface area contributed by atoms with E-state index in [0.29, 0.717) is 17.2 Å². The summed E-state index contributed by atoms with van der Waals surface area (Å²) in [7, 11) is 0. The monoisotopic (exact) mass is 422 g/mol. The van der Waals surface area contributed by atoms with Gasteiger partial charge in [-0.2, -0.15) is 0 Å². The number of halogens is 1. The lowest BCUT2D eigenvalue weighted by Crippen LogP contribution is -2.45. The number of benzene rings is 2. The van der Waals surface area contributed by atoms with Gasteiger partial charge in [0.2, 0.25) is 11.8 Å². The lowest BCUT2D eigenvalue weighted by molar-refractivity contribution is -0.135. The van der Waals surface area contributed by atoms with E-state index in [2.05, 4.69) is 10.6 Å². The summed E-state index contributed by atoms with van der Waals surface area (Å²) in [5.74, 6) is -3.04. The van der Waals surface area contributed by atoms with Crippen LogP contribution >= 0.6 is 0 Å². The maximum atomic E-state index is 13.5. The molecule has 162 valence electrons. The highest BCUT2D eigenvalue weighted by atomic mass is 19.1. The third kappa shape index (κ3) is 4.53. The van der Waals surface area contributed by atoms with Crippen LogP contribution in [0.2, 0.25) is 0 Å². The fourth-order valence-electron chi connectivity index (χ4n) is 4.76. The number of rotatable bonds is 5. The van der Waals surface area contributed by atoms with Gasteiger partial charge in [-0.05, 0) is 61.1 Å². The van der Waals surface area contributed by atoms with Crippen LogP contribution in [0.4, 0.5) is 10.1 Å². The Balaban J connectivity index is 1.43. The fourth-order valence-corrected chi connectivity index (χ4v) is 4.76. The van der Waals surface area contributed by atoms with Crippen molar-refractivity contribution < 1.29 is 18.8 Å². The second-order valence-electron chi connectivity index (χ2n) is 8.87. The Morgan fingerprint density at radius 2 is 1.81 bits per heavy atom. The first-order valence-corrected chi connectivity index (χ1v) is 10.9. The highest BCUT2D eigenvalue weighted by molar-refractivity contribution is 6.27. The van der Waals surface area contributed by atoms with Crippen molar-refractivity contribution in [2.45, 2.75) is 56.9 Å². The van der Waals surface area contributed by atoms with Crippen LogP contribution in [0, 0.1) is 11.7 Å². The van der Waals surface area contributed by atoms with E-state index in [1.54, 1.807) is 19.1 Å². The quantitative estimate of drug-likeness (QED) is 0.712. The smallest absolute Gasteiger partial charge is 0.244 e. The highest BCUT2D eigenvalue weighted by Crippen LogP contribution is 2.33. The Bertz CT molecular complexity index is 998. The average molecular weight is 423 g/mol. The molecular weight excluding hydrogens is 395 g/mol. The molecule has 2 fully saturated rings. The van der Waals surface area contributed by atoms with Crippen LogP contribution in [0.25, 0.3) is 0 Å². The number of amides is 2. The van der Waals surface area contributed by atoms with Crippen molar-refractivity contribution in [1.29, 1.82) is 0 Å². The number of carbonyl (C=O) groups is 3. The minimum absolute atomic E-state index is 0.120. The predicted molar refractivity (Wildman–Crippen MR) is 116 cm³/mol. The van der Waals surface area contributed by atoms with Crippen molar-refractivity contribution in [3.63, 3.8) is 0 Å². The zero-order valence-corrected chi connectivity index (χ0v) is 17.6. The summed E-state index contributed by atoms with van der Waals surface area (Å²) in [5.41, 5.74) is 1.15. The molecule has 0 aromatic heterocycles. The molecule has 0 spiro atoms. The van der Waals surface area contributed by atoms with Gasteiger partial charge in [-0.1, -0.05) is 43.5 Å². The lowest BCUT2D eigenvalue weighted by Gasteiger charge is -2.22. The number of hydrogen-bond donors (Lipinski definition) is 2. The van der Waals surface area contributed by atoms with Gasteiger partial charge >= 0.3 is 0 Å². The Kier molecular flexibility index (Phi) is 5.90. The van der Waals surface area contributed by atoms with Gasteiger partial charge in [-0.15, -0.1) is 0 Å². The molecular formula is C25H27FN2O3. The first-order chi connectivity index (χ1) is 14.9. The molecule has 2 aromatic rings. The SMILES string of the molecule is CC1(Cc2cccc(F)c2)NC(=O)C(C(=O)Nc2ccc(C3CCCCC3)cc2)C1=O. The van der Waals surface area contributed by atoms with Crippen molar-refractivity contribution in [3.8, 4) is 0 Å². The normalized spacial score (nSPS) is 24.1. The van der Waals surface area contributed by atoms with E-state index >= 15 is 0 Å². The van der Waals surface area contributed by atoms with Crippen LogP contribution in [-0.2, 0) is 20.8 Å². The third-order valence-electron chi connectivity index (χ3n) is 6.43. The van der Waals surface area contributed by atoms with Crippen molar-refractivity contribution in [1.82, 2.24) is 5.32 Å². The van der Waals surface area contributed by atoms with E-state index in [1.165, 1.54) is 49.8 Å². The molecule has 2 aromatic carbocycles. The first-order valence-electron chi connectivity index (χ1n) is 10.9. The molecule has 1 aliphatic heterocycles. The summed E-state index contributed by atoms with van der Waals surface area (Å²) < 4.78 is 13.5. The zero-order chi connectivity index (χ0) is 22.0. The summed E-state index contributed by atoms with van der Waals surface area (Å²) in [6.45, 7) is 1.57. The molecule has 5 nitrogen and oxygen atoms in total. The van der Waals surface area contributed by atoms with E-state index in [0.717, 1.165) is 0 Å². The molecule has 2 atom stereocenters. The van der Waals surface area contributed by atoms with Crippen molar-refractivity contribution >= 4 is 23.3 Å². The maximum Gasteiger partial charge on any atom is 0.244 e. The molecule has 6 heteroatoms. The van der Waals surface area contributed by atoms with Crippen LogP contribution in [0.5, 0.6) is 0 Å². The number of anilines is 1. The minimum atomic E-state index is -1.42. The molecule has 0 radical (unpaired) electrons. The molecule has 31 heavy (non-hydrogen) atoms. The summed E-state index contributed by atoms with van der Waals surface area (Å²) in [6.07, 6.45) is 6.28. The van der Waals surface area contributed by atoms with E-state index in [9.17, 15) is 18.8 Å². The highest BCUT2D eigenvalue weighted by Gasteiger charge is 2.52. The maximum absolute atomic E-state index is 13.5. The number of hydrogen-bond acceptors (Lipinski definition) is 3. The first kappa shape index (κ1) is 21.2. The van der Waals surface area contributed by atoms with Gasteiger partial charge in [-0.3, -0.25) is 14.4 Å². The molecule has 1 aliphatic carbocycles. The van der Waals surface area contributed by atoms with Gasteiger partial charge in [0.05, 0.1) is 0 Å². The van der Waals surface area contributed by atoms with E-state index < -0.39 is 34.9 Å². The standard InChI is InChI=1S/C25H27FN2O3/c1-25(15-16-6-5-9-19(26)14-16)22(29)21(24(31)28-25)23(30)27-20-12-10-18(11-13-20)17-7-3-2-4-8-17/h5-6,9-14,17,21H,2-4,7-8,15H2,1H3,(H,27,30)(H,28,31). The summed E-state index contributed by atoms with van der Waals surface area (Å²) >= 11 is 0. The Morgan fingerprint density at radius 1 is 1.10 bits per heavy atom. The van der Waals surface area contributed by atoms with Crippen LogP contribution in [0.3, 0.4) is 0 Å². The number of Topliss-reactive ketones (excluding diaryl/α,β-unsaturated/α-hetero) is 1. The minimum Gasteiger partial charge on any atom is -0.342 e. The average Bonchev–Trinajstić information content (AvgIpc) is 2.97. The predicted octanol–water partition coefficient (Wildman–Crippen LogP) is 4.13. The van der Waals surface area contributed by atoms with Crippen LogP contribution in [0.15, 0.2) is 48.5 Å². The molecule has 2 N–H and O–H groups in total. The molecule has 2 unspecified atom stereocenters. The van der Waals surface area contributed by atoms with E-state index in [-0.39, 0.29) is 6.42 Å². The molecule has 1 saturated heterocycles. The number of ketones is 1. The van der Waals surface area contributed by atoms with Crippen molar-refractivity contribution in [2.24, 2.45) is 5.92 Å². The van der Waals surface area contributed by atoms with Crippen molar-refractivity contribution in [2.75, 3.05) is 5.32 Å². The van der Waals surface area contributed by atoms with Crippen LogP contribution in [-0.4, -0.2) is 23.1 Å². The topological polar surface area (TPSA) is 75.3 Å². The number of nitrogens with one attached hydrogen (secondary N) is 2. The molecule has 4 rings (SSSR count). The van der Waals surface area contributed by atoms with Gasteiger partial charge < -0.3 is 10.6 Å². The van der Waals surface area contributed by atoms with Gasteiger partial charge in [0.15, 0.2) is 11.7 Å². The number of carbonyl (C=O) groups excluding carboxylic acids is 3. The van der Waals surface area contributed by atoms with Gasteiger partial charge in [0.25, 0.3) is 0 Å². The van der Waals surface area contributed by atoms with Crippen LogP contribution in [0.1, 0.15) is 56.1 Å². The summed E-state index contributed by atoms with van der Waals surface area (Å²) in [4.78, 5) is 38.2. The fraction of sp³-hybridized carbons (Fsp3) is 0.400. The Morgan fingerprint density at radius 3 is 2.48 bits per heavy atom. The third-order valence-corrected chi connectivity index (χ3v) is 6.43. The molecule has 0 bridgehead atoms. The van der Waals surface area contributed by atoms with E-state index in [1.807, 2.05) is 24.3 Å². The molecule has 2 amide bonds. The van der Waals surface area contributed by atoms with Crippen LogP contribution < -0.4 is 10.6 Å². The molecule has 1 saturated carbocycles. The second kappa shape index (κ2) is 8.61. The van der Waals surface area contributed by atoms with Gasteiger partial charge in [-0.25, -0.2) is 4.39 Å². The second-order valence-corrected chi connectivity index (χ2v) is 8.87. The van der Waals surface area contributed by atoms with Gasteiger partial charge in [0.1, 0.15) is 11.4 Å². The molecule has 2 aliphatic rings. The van der Waals surface area contributed by atoms with Gasteiger partial charge in [0, 0.05) is 12.1 Å². The summed E-state index contributed by atoms with van der Waals surface area (Å²) in [6, 6.07) is 13.6. The zero-order valence-electron chi connectivity index (χ0n) is 17.6. The summed E-state index contributed by atoms with van der Waals surface area (Å²) in [5, 5.41) is 5.35. The Hall–Kier alpha value is -3.02. The van der Waals surface area contributed by atoms with Crippen molar-refractivity contribution in [3.05, 3.63) is 65.5 Å².